The Morgan fingerprint density at radius 3 is 2.33 bits per heavy atom. The average Bonchev–Trinajstić information content (AvgIpc) is 2.47. The highest BCUT2D eigenvalue weighted by molar-refractivity contribution is 8.03. The molecule has 0 fully saturated rings. The van der Waals surface area contributed by atoms with Crippen molar-refractivity contribution >= 4 is 29.5 Å². The summed E-state index contributed by atoms with van der Waals surface area (Å²) in [5.41, 5.74) is 0.0742. The summed E-state index contributed by atoms with van der Waals surface area (Å²) < 4.78 is 26.3. The molecule has 2 aromatic rings. The fourth-order valence-corrected chi connectivity index (χ4v) is 3.46. The summed E-state index contributed by atoms with van der Waals surface area (Å²) >= 11 is 2.81. The highest BCUT2D eigenvalue weighted by atomic mass is 32.2. The summed E-state index contributed by atoms with van der Waals surface area (Å²) in [5.74, 6) is -0.426. The Kier molecular flexibility index (Phi) is 5.64. The summed E-state index contributed by atoms with van der Waals surface area (Å²) in [5, 5.41) is 8.88. The first-order valence-corrected chi connectivity index (χ1v) is 8.07. The Bertz CT molecular complexity index is 630. The van der Waals surface area contributed by atoms with E-state index in [1.807, 2.05) is 0 Å². The summed E-state index contributed by atoms with van der Waals surface area (Å²) in [4.78, 5) is 12.1. The number of hydrogen-bond donors (Lipinski definition) is 1. The number of hydrogen-bond acceptors (Lipinski definition) is 3. The Morgan fingerprint density at radius 1 is 1.00 bits per heavy atom. The third-order valence-corrected chi connectivity index (χ3v) is 4.91. The first kappa shape index (κ1) is 15.9. The van der Waals surface area contributed by atoms with Crippen LogP contribution < -0.4 is 0 Å². The Balaban J connectivity index is 1.87. The van der Waals surface area contributed by atoms with E-state index in [9.17, 15) is 13.6 Å². The van der Waals surface area contributed by atoms with Crippen LogP contribution in [0.2, 0.25) is 0 Å². The monoisotopic (exact) mass is 326 g/mol. The van der Waals surface area contributed by atoms with Crippen molar-refractivity contribution in [2.24, 2.45) is 0 Å². The molecule has 2 aromatic carbocycles. The van der Waals surface area contributed by atoms with Gasteiger partial charge >= 0.3 is 5.97 Å². The molecule has 0 saturated heterocycles. The predicted molar refractivity (Wildman–Crippen MR) is 81.2 cm³/mol. The molecule has 0 saturated carbocycles. The summed E-state index contributed by atoms with van der Waals surface area (Å²) in [6, 6.07) is 9.92. The molecule has 2 nitrogen and oxygen atoms in total. The first-order valence-electron chi connectivity index (χ1n) is 6.10. The van der Waals surface area contributed by atoms with Gasteiger partial charge in [0.05, 0.1) is 5.56 Å². The first-order chi connectivity index (χ1) is 10.1. The lowest BCUT2D eigenvalue weighted by Gasteiger charge is -2.05. The highest BCUT2D eigenvalue weighted by Crippen LogP contribution is 2.26. The van der Waals surface area contributed by atoms with Gasteiger partial charge in [-0.2, -0.15) is 0 Å². The minimum absolute atomic E-state index is 0.0742. The number of rotatable bonds is 6. The average molecular weight is 326 g/mol. The molecule has 0 aliphatic rings. The van der Waals surface area contributed by atoms with Crippen LogP contribution in [0.15, 0.2) is 52.3 Å². The molecule has 0 bridgehead atoms. The highest BCUT2D eigenvalue weighted by Gasteiger charge is 2.08. The van der Waals surface area contributed by atoms with E-state index in [-0.39, 0.29) is 11.4 Å². The van der Waals surface area contributed by atoms with Gasteiger partial charge in [-0.25, -0.2) is 13.6 Å². The third-order valence-electron chi connectivity index (χ3n) is 2.60. The van der Waals surface area contributed by atoms with E-state index in [0.717, 1.165) is 4.90 Å². The van der Waals surface area contributed by atoms with Gasteiger partial charge in [-0.1, -0.05) is 0 Å². The van der Waals surface area contributed by atoms with Crippen LogP contribution in [0.3, 0.4) is 0 Å². The van der Waals surface area contributed by atoms with Gasteiger partial charge in [-0.05, 0) is 42.5 Å². The fourth-order valence-electron chi connectivity index (χ4n) is 1.59. The molecule has 0 spiro atoms. The second-order valence-corrected chi connectivity index (χ2v) is 6.41. The molecule has 21 heavy (non-hydrogen) atoms. The number of carbonyl (C=O) groups is 1. The van der Waals surface area contributed by atoms with E-state index in [1.165, 1.54) is 53.9 Å². The standard InChI is InChI=1S/C15H12F2O2S2/c16-11-2-4-12(5-3-11)20-7-8-21-14-9-10(15(18)19)1-6-13(14)17/h1-6,9H,7-8H2,(H,18,19). The van der Waals surface area contributed by atoms with E-state index in [4.69, 9.17) is 5.11 Å². The normalized spacial score (nSPS) is 10.6. The van der Waals surface area contributed by atoms with E-state index in [1.54, 1.807) is 12.1 Å². The summed E-state index contributed by atoms with van der Waals surface area (Å²) in [6.07, 6.45) is 0. The molecule has 0 aromatic heterocycles. The number of halogens is 2. The van der Waals surface area contributed by atoms with Crippen LogP contribution in [0.1, 0.15) is 10.4 Å². The van der Waals surface area contributed by atoms with Gasteiger partial charge in [0.1, 0.15) is 11.6 Å². The molecular formula is C15H12F2O2S2. The van der Waals surface area contributed by atoms with Gasteiger partial charge in [0.25, 0.3) is 0 Å². The molecular weight excluding hydrogens is 314 g/mol. The van der Waals surface area contributed by atoms with Crippen LogP contribution in [-0.4, -0.2) is 22.6 Å². The summed E-state index contributed by atoms with van der Waals surface area (Å²) in [7, 11) is 0. The van der Waals surface area contributed by atoms with Crippen molar-refractivity contribution in [2.75, 3.05) is 11.5 Å². The van der Waals surface area contributed by atoms with Crippen molar-refractivity contribution in [3.63, 3.8) is 0 Å². The molecule has 0 heterocycles. The van der Waals surface area contributed by atoms with E-state index in [2.05, 4.69) is 0 Å². The smallest absolute Gasteiger partial charge is 0.335 e. The number of thioether (sulfide) groups is 2. The lowest BCUT2D eigenvalue weighted by Crippen LogP contribution is -1.97. The molecule has 0 amide bonds. The molecule has 6 heteroatoms. The molecule has 0 unspecified atom stereocenters. The predicted octanol–water partition coefficient (Wildman–Crippen LogP) is 4.55. The van der Waals surface area contributed by atoms with Gasteiger partial charge in [0.15, 0.2) is 0 Å². The number of aromatic carboxylic acids is 1. The molecule has 0 radical (unpaired) electrons. The maximum atomic E-state index is 13.6. The SMILES string of the molecule is O=C(O)c1ccc(F)c(SCCSc2ccc(F)cc2)c1. The molecule has 2 rings (SSSR count). The van der Waals surface area contributed by atoms with Gasteiger partial charge < -0.3 is 5.11 Å². The second-order valence-electron chi connectivity index (χ2n) is 4.10. The Hall–Kier alpha value is -1.53. The molecule has 1 N–H and O–H groups in total. The van der Waals surface area contributed by atoms with Crippen molar-refractivity contribution in [3.05, 3.63) is 59.7 Å². The third kappa shape index (κ3) is 4.75. The van der Waals surface area contributed by atoms with Gasteiger partial charge in [0, 0.05) is 21.3 Å². The molecule has 110 valence electrons. The largest absolute Gasteiger partial charge is 0.478 e. The minimum Gasteiger partial charge on any atom is -0.478 e. The zero-order chi connectivity index (χ0) is 15.2. The van der Waals surface area contributed by atoms with E-state index < -0.39 is 11.8 Å². The van der Waals surface area contributed by atoms with Crippen molar-refractivity contribution in [1.29, 1.82) is 0 Å². The maximum absolute atomic E-state index is 13.6. The zero-order valence-corrected chi connectivity index (χ0v) is 12.5. The topological polar surface area (TPSA) is 37.3 Å². The molecule has 0 atom stereocenters. The van der Waals surface area contributed by atoms with Crippen LogP contribution in [0.5, 0.6) is 0 Å². The van der Waals surface area contributed by atoms with Crippen molar-refractivity contribution in [3.8, 4) is 0 Å². The Morgan fingerprint density at radius 2 is 1.67 bits per heavy atom. The van der Waals surface area contributed by atoms with Crippen LogP contribution in [-0.2, 0) is 0 Å². The van der Waals surface area contributed by atoms with E-state index in [0.29, 0.717) is 16.4 Å². The number of benzene rings is 2. The lowest BCUT2D eigenvalue weighted by molar-refractivity contribution is 0.0696. The number of carboxylic acids is 1. The number of carboxylic acid groups (broad SMARTS) is 1. The van der Waals surface area contributed by atoms with Crippen molar-refractivity contribution in [1.82, 2.24) is 0 Å². The van der Waals surface area contributed by atoms with Crippen LogP contribution >= 0.6 is 23.5 Å². The maximum Gasteiger partial charge on any atom is 0.335 e. The van der Waals surface area contributed by atoms with Crippen LogP contribution in [0, 0.1) is 11.6 Å². The quantitative estimate of drug-likeness (QED) is 0.624. The zero-order valence-electron chi connectivity index (χ0n) is 10.9. The lowest BCUT2D eigenvalue weighted by atomic mass is 10.2. The summed E-state index contributed by atoms with van der Waals surface area (Å²) in [6.45, 7) is 0. The Labute approximate surface area is 129 Å². The van der Waals surface area contributed by atoms with Crippen molar-refractivity contribution in [2.45, 2.75) is 9.79 Å². The molecule has 0 aliphatic heterocycles. The van der Waals surface area contributed by atoms with Crippen molar-refractivity contribution < 1.29 is 18.7 Å². The fraction of sp³-hybridized carbons (Fsp3) is 0.133. The second kappa shape index (κ2) is 7.47. The van der Waals surface area contributed by atoms with Gasteiger partial charge in [-0.3, -0.25) is 0 Å². The van der Waals surface area contributed by atoms with Crippen LogP contribution in [0.4, 0.5) is 8.78 Å². The minimum atomic E-state index is -1.07. The van der Waals surface area contributed by atoms with E-state index >= 15 is 0 Å². The van der Waals surface area contributed by atoms with Crippen LogP contribution in [0.25, 0.3) is 0 Å². The van der Waals surface area contributed by atoms with Gasteiger partial charge in [-0.15, -0.1) is 23.5 Å². The van der Waals surface area contributed by atoms with Gasteiger partial charge in [0.2, 0.25) is 0 Å². The molecule has 0 aliphatic carbocycles.